The lowest BCUT2D eigenvalue weighted by molar-refractivity contribution is 0.218. The number of hydrogen-bond acceptors (Lipinski definition) is 4. The number of nitrogens with zero attached hydrogens (tertiary/aromatic N) is 2. The lowest BCUT2D eigenvalue weighted by Gasteiger charge is -2.32. The Morgan fingerprint density at radius 2 is 1.95 bits per heavy atom. The molecule has 4 heteroatoms. The van der Waals surface area contributed by atoms with E-state index < -0.39 is 0 Å². The van der Waals surface area contributed by atoms with Crippen LogP contribution in [0.5, 0.6) is 0 Å². The van der Waals surface area contributed by atoms with E-state index in [1.54, 1.807) is 0 Å². The zero-order valence-electron chi connectivity index (χ0n) is 12.1. The quantitative estimate of drug-likeness (QED) is 0.890. The van der Waals surface area contributed by atoms with Crippen LogP contribution < -0.4 is 5.32 Å². The highest BCUT2D eigenvalue weighted by molar-refractivity contribution is 5.02. The molecule has 1 saturated carbocycles. The van der Waals surface area contributed by atoms with Crippen molar-refractivity contribution in [2.75, 3.05) is 13.1 Å². The lowest BCUT2D eigenvalue weighted by atomic mass is 9.73. The molecule has 3 rings (SSSR count). The molecule has 106 valence electrons. The maximum atomic E-state index is 5.51. The molecular formula is C15H25N3O. The van der Waals surface area contributed by atoms with E-state index in [4.69, 9.17) is 4.52 Å². The van der Waals surface area contributed by atoms with E-state index in [1.165, 1.54) is 38.5 Å². The minimum absolute atomic E-state index is 0.426. The van der Waals surface area contributed by atoms with Crippen molar-refractivity contribution in [3.05, 3.63) is 11.7 Å². The summed E-state index contributed by atoms with van der Waals surface area (Å²) in [5, 5.41) is 7.65. The fourth-order valence-corrected chi connectivity index (χ4v) is 3.30. The van der Waals surface area contributed by atoms with Crippen molar-refractivity contribution in [1.29, 1.82) is 0 Å². The number of hydrogen-bond donors (Lipinski definition) is 1. The van der Waals surface area contributed by atoms with Crippen molar-refractivity contribution in [2.24, 2.45) is 5.41 Å². The maximum absolute atomic E-state index is 5.51. The van der Waals surface area contributed by atoms with Crippen molar-refractivity contribution < 1.29 is 4.52 Å². The van der Waals surface area contributed by atoms with Gasteiger partial charge in [-0.15, -0.1) is 0 Å². The van der Waals surface area contributed by atoms with E-state index in [-0.39, 0.29) is 0 Å². The SMILES string of the molecule is CC1(C)CCC(c2noc(C3CCCNC3)n2)CC1. The predicted molar refractivity (Wildman–Crippen MR) is 74.1 cm³/mol. The van der Waals surface area contributed by atoms with Crippen LogP contribution in [0.2, 0.25) is 0 Å². The summed E-state index contributed by atoms with van der Waals surface area (Å²) in [6.07, 6.45) is 7.33. The first kappa shape index (κ1) is 13.1. The highest BCUT2D eigenvalue weighted by Crippen LogP contribution is 2.41. The molecular weight excluding hydrogens is 238 g/mol. The van der Waals surface area contributed by atoms with E-state index in [2.05, 4.69) is 29.3 Å². The Labute approximate surface area is 115 Å². The van der Waals surface area contributed by atoms with E-state index in [9.17, 15) is 0 Å². The normalized spacial score (nSPS) is 28.4. The van der Waals surface area contributed by atoms with Crippen molar-refractivity contribution in [3.8, 4) is 0 Å². The van der Waals surface area contributed by atoms with Gasteiger partial charge in [0.2, 0.25) is 5.89 Å². The molecule has 19 heavy (non-hydrogen) atoms. The van der Waals surface area contributed by atoms with Crippen molar-refractivity contribution in [3.63, 3.8) is 0 Å². The molecule has 0 aromatic carbocycles. The van der Waals surface area contributed by atoms with Gasteiger partial charge < -0.3 is 9.84 Å². The Balaban J connectivity index is 1.64. The molecule has 2 aliphatic rings. The summed E-state index contributed by atoms with van der Waals surface area (Å²) in [7, 11) is 0. The molecule has 1 N–H and O–H groups in total. The van der Waals surface area contributed by atoms with Crippen LogP contribution in [0.25, 0.3) is 0 Å². The van der Waals surface area contributed by atoms with Gasteiger partial charge in [0.15, 0.2) is 5.82 Å². The zero-order valence-corrected chi connectivity index (χ0v) is 12.1. The third-order valence-corrected chi connectivity index (χ3v) is 4.81. The Morgan fingerprint density at radius 1 is 1.16 bits per heavy atom. The first-order valence-corrected chi connectivity index (χ1v) is 7.68. The molecule has 1 atom stereocenters. The summed E-state index contributed by atoms with van der Waals surface area (Å²) in [6.45, 7) is 6.83. The molecule has 0 amide bonds. The smallest absolute Gasteiger partial charge is 0.231 e. The second-order valence-corrected chi connectivity index (χ2v) is 6.97. The fourth-order valence-electron chi connectivity index (χ4n) is 3.30. The van der Waals surface area contributed by atoms with Gasteiger partial charge in [-0.1, -0.05) is 19.0 Å². The average molecular weight is 263 g/mol. The monoisotopic (exact) mass is 263 g/mol. The summed E-state index contributed by atoms with van der Waals surface area (Å²) in [5.41, 5.74) is 0.496. The predicted octanol–water partition coefficient (Wildman–Crippen LogP) is 3.22. The van der Waals surface area contributed by atoms with Gasteiger partial charge in [0.05, 0.1) is 5.92 Å². The molecule has 1 aromatic heterocycles. The average Bonchev–Trinajstić information content (AvgIpc) is 2.89. The van der Waals surface area contributed by atoms with Crippen LogP contribution in [0.15, 0.2) is 4.52 Å². The molecule has 4 nitrogen and oxygen atoms in total. The minimum atomic E-state index is 0.426. The molecule has 0 bridgehead atoms. The summed E-state index contributed by atoms with van der Waals surface area (Å²) >= 11 is 0. The van der Waals surface area contributed by atoms with E-state index in [0.29, 0.717) is 17.3 Å². The van der Waals surface area contributed by atoms with Crippen LogP contribution >= 0.6 is 0 Å². The Morgan fingerprint density at radius 3 is 2.63 bits per heavy atom. The Kier molecular flexibility index (Phi) is 3.61. The molecule has 1 aliphatic carbocycles. The number of nitrogens with one attached hydrogen (secondary N) is 1. The standard InChI is InChI=1S/C15H25N3O/c1-15(2)7-5-11(6-8-15)13-17-14(19-18-13)12-4-3-9-16-10-12/h11-12,16H,3-10H2,1-2H3. The van der Waals surface area contributed by atoms with E-state index >= 15 is 0 Å². The number of rotatable bonds is 2. The Bertz CT molecular complexity index is 411. The first-order valence-electron chi connectivity index (χ1n) is 7.68. The largest absolute Gasteiger partial charge is 0.339 e. The van der Waals surface area contributed by atoms with Gasteiger partial charge in [-0.2, -0.15) is 4.98 Å². The zero-order chi connectivity index (χ0) is 13.3. The fraction of sp³-hybridized carbons (Fsp3) is 0.867. The first-order chi connectivity index (χ1) is 9.14. The van der Waals surface area contributed by atoms with Gasteiger partial charge in [-0.3, -0.25) is 0 Å². The molecule has 1 unspecified atom stereocenters. The highest BCUT2D eigenvalue weighted by Gasteiger charge is 2.31. The summed E-state index contributed by atoms with van der Waals surface area (Å²) in [5.74, 6) is 2.75. The van der Waals surface area contributed by atoms with Crippen LogP contribution in [0.3, 0.4) is 0 Å². The van der Waals surface area contributed by atoms with Gasteiger partial charge in [0.1, 0.15) is 0 Å². The van der Waals surface area contributed by atoms with Crippen molar-refractivity contribution >= 4 is 0 Å². The van der Waals surface area contributed by atoms with Gasteiger partial charge in [-0.05, 0) is 50.5 Å². The van der Waals surface area contributed by atoms with Gasteiger partial charge in [-0.25, -0.2) is 0 Å². The molecule has 2 heterocycles. The number of piperidine rings is 1. The summed E-state index contributed by atoms with van der Waals surface area (Å²) in [6, 6.07) is 0. The minimum Gasteiger partial charge on any atom is -0.339 e. The topological polar surface area (TPSA) is 51.0 Å². The van der Waals surface area contributed by atoms with Crippen LogP contribution in [-0.4, -0.2) is 23.2 Å². The lowest BCUT2D eigenvalue weighted by Crippen LogP contribution is -2.28. The Hall–Kier alpha value is -0.900. The van der Waals surface area contributed by atoms with Crippen LogP contribution in [0, 0.1) is 5.41 Å². The van der Waals surface area contributed by atoms with Crippen LogP contribution in [0.1, 0.15) is 75.9 Å². The number of aromatic nitrogens is 2. The van der Waals surface area contributed by atoms with Gasteiger partial charge in [0.25, 0.3) is 0 Å². The third-order valence-electron chi connectivity index (χ3n) is 4.81. The molecule has 2 fully saturated rings. The summed E-state index contributed by atoms with van der Waals surface area (Å²) in [4.78, 5) is 4.69. The van der Waals surface area contributed by atoms with E-state index in [1.807, 2.05) is 0 Å². The molecule has 0 spiro atoms. The molecule has 1 saturated heterocycles. The van der Waals surface area contributed by atoms with Crippen LogP contribution in [0.4, 0.5) is 0 Å². The highest BCUT2D eigenvalue weighted by atomic mass is 16.5. The second kappa shape index (κ2) is 5.23. The van der Waals surface area contributed by atoms with Gasteiger partial charge >= 0.3 is 0 Å². The third kappa shape index (κ3) is 2.99. The van der Waals surface area contributed by atoms with Gasteiger partial charge in [0, 0.05) is 12.5 Å². The molecule has 1 aliphatic heterocycles. The van der Waals surface area contributed by atoms with E-state index in [0.717, 1.165) is 24.8 Å². The van der Waals surface area contributed by atoms with Crippen molar-refractivity contribution in [2.45, 2.75) is 64.2 Å². The molecule has 1 aromatic rings. The second-order valence-electron chi connectivity index (χ2n) is 6.97. The maximum Gasteiger partial charge on any atom is 0.231 e. The van der Waals surface area contributed by atoms with Crippen molar-refractivity contribution in [1.82, 2.24) is 15.5 Å². The van der Waals surface area contributed by atoms with Crippen LogP contribution in [-0.2, 0) is 0 Å². The summed E-state index contributed by atoms with van der Waals surface area (Å²) < 4.78 is 5.51. The molecule has 0 radical (unpaired) electrons.